The third kappa shape index (κ3) is 2.13. The molecule has 4 heteroatoms. The van der Waals surface area contributed by atoms with Crippen molar-refractivity contribution in [1.82, 2.24) is 5.32 Å². The van der Waals surface area contributed by atoms with Crippen LogP contribution in [-0.2, 0) is 4.79 Å². The summed E-state index contributed by atoms with van der Waals surface area (Å²) < 4.78 is 11.0. The highest BCUT2D eigenvalue weighted by Gasteiger charge is 2.22. The van der Waals surface area contributed by atoms with Crippen LogP contribution in [0.3, 0.4) is 0 Å². The number of piperidine rings is 1. The molecular formula is C13H15NO3. The first-order valence-electron chi connectivity index (χ1n) is 5.97. The van der Waals surface area contributed by atoms with Gasteiger partial charge in [0.1, 0.15) is 19.0 Å². The van der Waals surface area contributed by atoms with Gasteiger partial charge in [-0.2, -0.15) is 0 Å². The molecule has 0 saturated carbocycles. The lowest BCUT2D eigenvalue weighted by Gasteiger charge is -2.25. The fraction of sp³-hybridized carbons (Fsp3) is 0.462. The van der Waals surface area contributed by atoms with E-state index in [-0.39, 0.29) is 6.04 Å². The lowest BCUT2D eigenvalue weighted by atomic mass is 9.96. The molecule has 2 aliphatic rings. The molecule has 3 rings (SSSR count). The lowest BCUT2D eigenvalue weighted by Crippen LogP contribution is -2.31. The van der Waals surface area contributed by atoms with Gasteiger partial charge in [0.05, 0.1) is 0 Å². The maximum Gasteiger partial charge on any atom is 0.161 e. The number of carbonyl (C=O) groups excluding carboxylic acids is 1. The molecule has 2 aliphatic heterocycles. The molecule has 1 aromatic rings. The summed E-state index contributed by atoms with van der Waals surface area (Å²) in [5.41, 5.74) is 1.10. The van der Waals surface area contributed by atoms with Crippen molar-refractivity contribution in [2.24, 2.45) is 0 Å². The minimum Gasteiger partial charge on any atom is -0.486 e. The molecule has 0 spiro atoms. The van der Waals surface area contributed by atoms with Crippen molar-refractivity contribution >= 4 is 5.78 Å². The normalized spacial score (nSPS) is 23.5. The minimum absolute atomic E-state index is 0.118. The van der Waals surface area contributed by atoms with Gasteiger partial charge in [-0.05, 0) is 17.7 Å². The van der Waals surface area contributed by atoms with Crippen LogP contribution in [0.5, 0.6) is 11.5 Å². The highest BCUT2D eigenvalue weighted by molar-refractivity contribution is 5.80. The smallest absolute Gasteiger partial charge is 0.161 e. The molecule has 1 unspecified atom stereocenters. The van der Waals surface area contributed by atoms with Crippen LogP contribution in [-0.4, -0.2) is 25.5 Å². The maximum atomic E-state index is 11.4. The van der Waals surface area contributed by atoms with Gasteiger partial charge >= 0.3 is 0 Å². The Morgan fingerprint density at radius 2 is 2.00 bits per heavy atom. The average molecular weight is 233 g/mol. The molecule has 4 nitrogen and oxygen atoms in total. The zero-order chi connectivity index (χ0) is 11.7. The Morgan fingerprint density at radius 3 is 2.82 bits per heavy atom. The summed E-state index contributed by atoms with van der Waals surface area (Å²) in [5.74, 6) is 1.90. The number of nitrogens with one attached hydrogen (secondary N) is 1. The number of hydrogen-bond acceptors (Lipinski definition) is 4. The number of carbonyl (C=O) groups is 1. The monoisotopic (exact) mass is 233 g/mol. The van der Waals surface area contributed by atoms with Crippen molar-refractivity contribution < 1.29 is 14.3 Å². The predicted octanol–water partition coefficient (Wildman–Crippen LogP) is 1.45. The summed E-state index contributed by atoms with van der Waals surface area (Å²) in [4.78, 5) is 11.4. The average Bonchev–Trinajstić information content (AvgIpc) is 2.38. The largest absolute Gasteiger partial charge is 0.486 e. The maximum absolute atomic E-state index is 11.4. The summed E-state index contributed by atoms with van der Waals surface area (Å²) in [6.07, 6.45) is 1.21. The van der Waals surface area contributed by atoms with Crippen LogP contribution in [0.25, 0.3) is 0 Å². The van der Waals surface area contributed by atoms with Crippen LogP contribution in [0.1, 0.15) is 24.4 Å². The molecule has 1 N–H and O–H groups in total. The van der Waals surface area contributed by atoms with E-state index in [1.165, 1.54) is 0 Å². The Kier molecular flexibility index (Phi) is 2.73. The van der Waals surface area contributed by atoms with Crippen LogP contribution < -0.4 is 14.8 Å². The number of fused-ring (bicyclic) bond motifs is 1. The molecule has 0 bridgehead atoms. The van der Waals surface area contributed by atoms with Gasteiger partial charge in [-0.3, -0.25) is 4.79 Å². The van der Waals surface area contributed by atoms with Crippen molar-refractivity contribution in [3.05, 3.63) is 23.8 Å². The van der Waals surface area contributed by atoms with Gasteiger partial charge in [-0.15, -0.1) is 0 Å². The fourth-order valence-electron chi connectivity index (χ4n) is 2.30. The first-order chi connectivity index (χ1) is 8.33. The second kappa shape index (κ2) is 4.37. The van der Waals surface area contributed by atoms with Crippen molar-refractivity contribution in [3.8, 4) is 11.5 Å². The van der Waals surface area contributed by atoms with E-state index in [4.69, 9.17) is 9.47 Å². The Hall–Kier alpha value is -1.55. The molecule has 1 aromatic carbocycles. The van der Waals surface area contributed by atoms with E-state index in [1.807, 2.05) is 18.2 Å². The molecule has 0 aliphatic carbocycles. The molecular weight excluding hydrogens is 218 g/mol. The third-order valence-corrected chi connectivity index (χ3v) is 3.19. The Morgan fingerprint density at radius 1 is 1.18 bits per heavy atom. The third-order valence-electron chi connectivity index (χ3n) is 3.19. The van der Waals surface area contributed by atoms with E-state index >= 15 is 0 Å². The number of hydrogen-bond donors (Lipinski definition) is 1. The number of benzene rings is 1. The Balaban J connectivity index is 1.85. The summed E-state index contributed by atoms with van der Waals surface area (Å²) in [6, 6.07) is 6.02. The number of rotatable bonds is 1. The van der Waals surface area contributed by atoms with E-state index in [0.29, 0.717) is 31.8 Å². The van der Waals surface area contributed by atoms with Crippen LogP contribution in [0.4, 0.5) is 0 Å². The highest BCUT2D eigenvalue weighted by atomic mass is 16.6. The molecule has 90 valence electrons. The SMILES string of the molecule is O=C1CCNC(c2ccc3c(c2)OCCO3)C1. The molecule has 1 atom stereocenters. The summed E-state index contributed by atoms with van der Waals surface area (Å²) in [5, 5.41) is 3.36. The highest BCUT2D eigenvalue weighted by Crippen LogP contribution is 2.33. The van der Waals surface area contributed by atoms with Crippen molar-refractivity contribution in [2.45, 2.75) is 18.9 Å². The van der Waals surface area contributed by atoms with Crippen molar-refractivity contribution in [3.63, 3.8) is 0 Å². The van der Waals surface area contributed by atoms with Gasteiger partial charge < -0.3 is 14.8 Å². The lowest BCUT2D eigenvalue weighted by molar-refractivity contribution is -0.120. The van der Waals surface area contributed by atoms with Crippen LogP contribution in [0, 0.1) is 0 Å². The van der Waals surface area contributed by atoms with E-state index in [0.717, 1.165) is 23.6 Å². The molecule has 1 fully saturated rings. The number of Topliss-reactive ketones (excluding diaryl/α,β-unsaturated/α-hetero) is 1. The van der Waals surface area contributed by atoms with Gasteiger partial charge in [0, 0.05) is 25.4 Å². The molecule has 0 aromatic heterocycles. The zero-order valence-electron chi connectivity index (χ0n) is 9.57. The van der Waals surface area contributed by atoms with Gasteiger partial charge in [0.15, 0.2) is 11.5 Å². The first kappa shape index (κ1) is 10.6. The van der Waals surface area contributed by atoms with E-state index in [2.05, 4.69) is 5.32 Å². The van der Waals surface area contributed by atoms with Gasteiger partial charge in [0.25, 0.3) is 0 Å². The molecule has 0 amide bonds. The van der Waals surface area contributed by atoms with Gasteiger partial charge in [0.2, 0.25) is 0 Å². The van der Waals surface area contributed by atoms with E-state index in [1.54, 1.807) is 0 Å². The molecule has 2 heterocycles. The second-order valence-electron chi connectivity index (χ2n) is 4.40. The Bertz CT molecular complexity index is 444. The molecule has 1 saturated heterocycles. The standard InChI is InChI=1S/C13H15NO3/c15-10-3-4-14-11(8-10)9-1-2-12-13(7-9)17-6-5-16-12/h1-2,7,11,14H,3-6,8H2. The summed E-state index contributed by atoms with van der Waals surface area (Å²) in [6.45, 7) is 1.96. The predicted molar refractivity (Wildman–Crippen MR) is 62.4 cm³/mol. The van der Waals surface area contributed by atoms with Crippen molar-refractivity contribution in [1.29, 1.82) is 0 Å². The minimum atomic E-state index is 0.118. The molecule has 0 radical (unpaired) electrons. The Labute approximate surface area is 99.9 Å². The fourth-order valence-corrected chi connectivity index (χ4v) is 2.30. The van der Waals surface area contributed by atoms with Crippen molar-refractivity contribution in [2.75, 3.05) is 19.8 Å². The van der Waals surface area contributed by atoms with E-state index < -0.39 is 0 Å². The summed E-state index contributed by atoms with van der Waals surface area (Å²) in [7, 11) is 0. The quantitative estimate of drug-likeness (QED) is 0.797. The molecule has 17 heavy (non-hydrogen) atoms. The topological polar surface area (TPSA) is 47.6 Å². The number of ketones is 1. The first-order valence-corrected chi connectivity index (χ1v) is 5.97. The summed E-state index contributed by atoms with van der Waals surface area (Å²) >= 11 is 0. The van der Waals surface area contributed by atoms with Gasteiger partial charge in [-0.25, -0.2) is 0 Å². The second-order valence-corrected chi connectivity index (χ2v) is 4.40. The zero-order valence-corrected chi connectivity index (χ0v) is 9.57. The van der Waals surface area contributed by atoms with Crippen LogP contribution >= 0.6 is 0 Å². The van der Waals surface area contributed by atoms with Crippen LogP contribution in [0.15, 0.2) is 18.2 Å². The van der Waals surface area contributed by atoms with E-state index in [9.17, 15) is 4.79 Å². The van der Waals surface area contributed by atoms with Crippen LogP contribution in [0.2, 0.25) is 0 Å². The number of ether oxygens (including phenoxy) is 2. The van der Waals surface area contributed by atoms with Gasteiger partial charge in [-0.1, -0.05) is 6.07 Å².